The normalized spacial score (nSPS) is 23.0. The van der Waals surface area contributed by atoms with E-state index < -0.39 is 5.60 Å². The van der Waals surface area contributed by atoms with Crippen LogP contribution in [0, 0.1) is 17.8 Å². The maximum Gasteiger partial charge on any atom is 0.310 e. The number of ether oxygens (including phenoxy) is 2. The fourth-order valence-electron chi connectivity index (χ4n) is 2.57. The van der Waals surface area contributed by atoms with Crippen LogP contribution < -0.4 is 0 Å². The Kier molecular flexibility index (Phi) is 6.69. The minimum Gasteiger partial charge on any atom is -0.465 e. The molecule has 0 aromatic carbocycles. The monoisotopic (exact) mass is 298 g/mol. The van der Waals surface area contributed by atoms with Crippen LogP contribution in [-0.4, -0.2) is 24.1 Å². The Morgan fingerprint density at radius 3 is 2.05 bits per heavy atom. The van der Waals surface area contributed by atoms with Crippen LogP contribution in [0.25, 0.3) is 0 Å². The second kappa shape index (κ2) is 7.81. The van der Waals surface area contributed by atoms with Gasteiger partial charge in [-0.05, 0) is 46.0 Å². The molecule has 0 bridgehead atoms. The molecule has 0 saturated heterocycles. The molecule has 1 rings (SSSR count). The summed E-state index contributed by atoms with van der Waals surface area (Å²) in [5.74, 6) is -0.657. The highest BCUT2D eigenvalue weighted by Crippen LogP contribution is 2.33. The Labute approximate surface area is 128 Å². The van der Waals surface area contributed by atoms with Crippen LogP contribution in [0.5, 0.6) is 0 Å². The SMILES string of the molecule is CC(C)CCOC(=O)C1CCCCC1C(=O)OC(C)(C)C. The lowest BCUT2D eigenvalue weighted by molar-refractivity contribution is -0.170. The number of rotatable bonds is 5. The van der Waals surface area contributed by atoms with Gasteiger partial charge in [0.15, 0.2) is 0 Å². The Morgan fingerprint density at radius 2 is 1.57 bits per heavy atom. The van der Waals surface area contributed by atoms with Gasteiger partial charge in [-0.25, -0.2) is 0 Å². The van der Waals surface area contributed by atoms with Crippen LogP contribution >= 0.6 is 0 Å². The molecule has 0 N–H and O–H groups in total. The maximum atomic E-state index is 12.3. The number of hydrogen-bond acceptors (Lipinski definition) is 4. The van der Waals surface area contributed by atoms with Crippen molar-refractivity contribution in [3.8, 4) is 0 Å². The lowest BCUT2D eigenvalue weighted by Crippen LogP contribution is -2.38. The lowest BCUT2D eigenvalue weighted by atomic mass is 9.79. The first-order chi connectivity index (χ1) is 9.70. The van der Waals surface area contributed by atoms with Gasteiger partial charge >= 0.3 is 11.9 Å². The van der Waals surface area contributed by atoms with Crippen molar-refractivity contribution in [2.75, 3.05) is 6.61 Å². The molecule has 2 unspecified atom stereocenters. The molecule has 0 heterocycles. The quantitative estimate of drug-likeness (QED) is 0.726. The van der Waals surface area contributed by atoms with Gasteiger partial charge in [0.1, 0.15) is 5.60 Å². The van der Waals surface area contributed by atoms with Crippen molar-refractivity contribution in [3.63, 3.8) is 0 Å². The molecule has 122 valence electrons. The maximum absolute atomic E-state index is 12.3. The van der Waals surface area contributed by atoms with Crippen LogP contribution in [0.3, 0.4) is 0 Å². The van der Waals surface area contributed by atoms with E-state index in [9.17, 15) is 9.59 Å². The Balaban J connectivity index is 2.60. The largest absolute Gasteiger partial charge is 0.465 e. The molecule has 1 saturated carbocycles. The summed E-state index contributed by atoms with van der Waals surface area (Å²) in [4.78, 5) is 24.5. The molecule has 1 aliphatic rings. The average molecular weight is 298 g/mol. The Bertz CT molecular complexity index is 354. The molecule has 0 aromatic heterocycles. The molecular weight excluding hydrogens is 268 g/mol. The third-order valence-corrected chi connectivity index (χ3v) is 3.72. The third kappa shape index (κ3) is 6.49. The average Bonchev–Trinajstić information content (AvgIpc) is 2.36. The zero-order valence-electron chi connectivity index (χ0n) is 14.1. The minimum absolute atomic E-state index is 0.230. The molecule has 0 spiro atoms. The molecular formula is C17H30O4. The van der Waals surface area contributed by atoms with Gasteiger partial charge in [-0.3, -0.25) is 9.59 Å². The van der Waals surface area contributed by atoms with Crippen molar-refractivity contribution in [2.45, 2.75) is 72.3 Å². The van der Waals surface area contributed by atoms with Crippen molar-refractivity contribution in [1.82, 2.24) is 0 Å². The first-order valence-electron chi connectivity index (χ1n) is 8.10. The van der Waals surface area contributed by atoms with Crippen molar-refractivity contribution in [3.05, 3.63) is 0 Å². The predicted molar refractivity (Wildman–Crippen MR) is 81.7 cm³/mol. The first-order valence-corrected chi connectivity index (χ1v) is 8.10. The second-order valence-electron chi connectivity index (χ2n) is 7.38. The van der Waals surface area contributed by atoms with Crippen LogP contribution in [0.4, 0.5) is 0 Å². The smallest absolute Gasteiger partial charge is 0.310 e. The number of carbonyl (C=O) groups is 2. The van der Waals surface area contributed by atoms with E-state index >= 15 is 0 Å². The summed E-state index contributed by atoms with van der Waals surface area (Å²) in [6, 6.07) is 0. The molecule has 21 heavy (non-hydrogen) atoms. The zero-order valence-corrected chi connectivity index (χ0v) is 14.1. The summed E-state index contributed by atoms with van der Waals surface area (Å²) < 4.78 is 10.8. The van der Waals surface area contributed by atoms with Gasteiger partial charge in [0.05, 0.1) is 18.4 Å². The van der Waals surface area contributed by atoms with Gasteiger partial charge < -0.3 is 9.47 Å². The van der Waals surface area contributed by atoms with Crippen molar-refractivity contribution < 1.29 is 19.1 Å². The van der Waals surface area contributed by atoms with E-state index in [1.165, 1.54) is 0 Å². The van der Waals surface area contributed by atoms with Crippen LogP contribution in [-0.2, 0) is 19.1 Å². The molecule has 2 atom stereocenters. The highest BCUT2D eigenvalue weighted by molar-refractivity contribution is 5.82. The van der Waals surface area contributed by atoms with Crippen molar-refractivity contribution in [1.29, 1.82) is 0 Å². The zero-order chi connectivity index (χ0) is 16.0. The van der Waals surface area contributed by atoms with Gasteiger partial charge in [-0.1, -0.05) is 26.7 Å². The van der Waals surface area contributed by atoms with E-state index in [2.05, 4.69) is 13.8 Å². The summed E-state index contributed by atoms with van der Waals surface area (Å²) >= 11 is 0. The van der Waals surface area contributed by atoms with E-state index in [0.717, 1.165) is 32.1 Å². The highest BCUT2D eigenvalue weighted by Gasteiger charge is 2.39. The van der Waals surface area contributed by atoms with E-state index in [0.29, 0.717) is 12.5 Å². The van der Waals surface area contributed by atoms with E-state index in [1.54, 1.807) is 0 Å². The van der Waals surface area contributed by atoms with Gasteiger partial charge in [-0.15, -0.1) is 0 Å². The van der Waals surface area contributed by atoms with E-state index in [-0.39, 0.29) is 23.8 Å². The van der Waals surface area contributed by atoms with Crippen molar-refractivity contribution in [2.24, 2.45) is 17.8 Å². The molecule has 0 aromatic rings. The van der Waals surface area contributed by atoms with Gasteiger partial charge in [0.2, 0.25) is 0 Å². The minimum atomic E-state index is -0.513. The molecule has 0 radical (unpaired) electrons. The molecule has 1 fully saturated rings. The topological polar surface area (TPSA) is 52.6 Å². The number of esters is 2. The predicted octanol–water partition coefficient (Wildman–Crippen LogP) is 3.72. The summed E-state index contributed by atoms with van der Waals surface area (Å²) in [5.41, 5.74) is -0.513. The number of hydrogen-bond donors (Lipinski definition) is 0. The molecule has 1 aliphatic carbocycles. The van der Waals surface area contributed by atoms with Crippen LogP contribution in [0.2, 0.25) is 0 Å². The molecule has 4 heteroatoms. The third-order valence-electron chi connectivity index (χ3n) is 3.72. The second-order valence-corrected chi connectivity index (χ2v) is 7.38. The van der Waals surface area contributed by atoms with E-state index in [4.69, 9.17) is 9.47 Å². The van der Waals surface area contributed by atoms with Crippen molar-refractivity contribution >= 4 is 11.9 Å². The first kappa shape index (κ1) is 18.0. The standard InChI is InChI=1S/C17H30O4/c1-12(2)10-11-20-15(18)13-8-6-7-9-14(13)16(19)21-17(3,4)5/h12-14H,6-11H2,1-5H3. The summed E-state index contributed by atoms with van der Waals surface area (Å²) in [7, 11) is 0. The fourth-order valence-corrected chi connectivity index (χ4v) is 2.57. The van der Waals surface area contributed by atoms with Crippen LogP contribution in [0.1, 0.15) is 66.7 Å². The molecule has 0 amide bonds. The highest BCUT2D eigenvalue weighted by atomic mass is 16.6. The summed E-state index contributed by atoms with van der Waals surface area (Å²) in [6.45, 7) is 10.2. The summed E-state index contributed by atoms with van der Waals surface area (Å²) in [5, 5.41) is 0. The Hall–Kier alpha value is -1.06. The lowest BCUT2D eigenvalue weighted by Gasteiger charge is -2.31. The van der Waals surface area contributed by atoms with Gasteiger partial charge in [0, 0.05) is 0 Å². The fraction of sp³-hybridized carbons (Fsp3) is 0.882. The molecule has 4 nitrogen and oxygen atoms in total. The van der Waals surface area contributed by atoms with Gasteiger partial charge in [0.25, 0.3) is 0 Å². The number of carbonyl (C=O) groups excluding carboxylic acids is 2. The van der Waals surface area contributed by atoms with E-state index in [1.807, 2.05) is 20.8 Å². The summed E-state index contributed by atoms with van der Waals surface area (Å²) in [6.07, 6.45) is 4.25. The molecule has 0 aliphatic heterocycles. The van der Waals surface area contributed by atoms with Crippen LogP contribution in [0.15, 0.2) is 0 Å². The Morgan fingerprint density at radius 1 is 1.05 bits per heavy atom. The van der Waals surface area contributed by atoms with Gasteiger partial charge in [-0.2, -0.15) is 0 Å².